The Labute approximate surface area is 149 Å². The molecule has 3 nitrogen and oxygen atoms in total. The van der Waals surface area contributed by atoms with Crippen molar-refractivity contribution in [1.82, 2.24) is 0 Å². The van der Waals surface area contributed by atoms with Gasteiger partial charge in [0.15, 0.2) is 0 Å². The molecule has 0 saturated carbocycles. The third-order valence-corrected chi connectivity index (χ3v) is 4.20. The van der Waals surface area contributed by atoms with Gasteiger partial charge < -0.3 is 10.1 Å². The summed E-state index contributed by atoms with van der Waals surface area (Å²) in [5.41, 5.74) is 3.52. The zero-order valence-electron chi connectivity index (χ0n) is 13.1. The predicted molar refractivity (Wildman–Crippen MR) is 99.3 cm³/mol. The van der Waals surface area contributed by atoms with Crippen LogP contribution < -0.4 is 10.1 Å². The third-order valence-electron chi connectivity index (χ3n) is 3.28. The molecule has 0 aromatic heterocycles. The molecule has 0 saturated heterocycles. The first kappa shape index (κ1) is 17.6. The summed E-state index contributed by atoms with van der Waals surface area (Å²) in [5.74, 6) is 0.513. The van der Waals surface area contributed by atoms with E-state index in [2.05, 4.69) is 21.2 Å². The Balaban J connectivity index is 2.12. The van der Waals surface area contributed by atoms with Crippen LogP contribution in [0.15, 0.2) is 40.9 Å². The fourth-order valence-electron chi connectivity index (χ4n) is 2.20. The van der Waals surface area contributed by atoms with Crippen molar-refractivity contribution in [3.8, 4) is 5.75 Å². The number of amides is 1. The number of benzene rings is 2. The van der Waals surface area contributed by atoms with Crippen LogP contribution in [0, 0.1) is 13.8 Å². The second kappa shape index (κ2) is 7.66. The van der Waals surface area contributed by atoms with Crippen LogP contribution in [0.25, 0.3) is 6.08 Å². The molecule has 0 atom stereocenters. The summed E-state index contributed by atoms with van der Waals surface area (Å²) < 4.78 is 6.01. The summed E-state index contributed by atoms with van der Waals surface area (Å²) in [7, 11) is 1.61. The minimum atomic E-state index is -0.231. The number of rotatable bonds is 4. The van der Waals surface area contributed by atoms with E-state index in [4.69, 9.17) is 16.3 Å². The van der Waals surface area contributed by atoms with E-state index in [1.165, 1.54) is 6.08 Å². The van der Waals surface area contributed by atoms with Crippen LogP contribution in [0.4, 0.5) is 5.69 Å². The SMILES string of the molecule is COc1ccc(/C=C/C(=O)Nc2c(C)cc(C)cc2Cl)cc1Br. The van der Waals surface area contributed by atoms with Crippen molar-refractivity contribution in [2.75, 3.05) is 12.4 Å². The van der Waals surface area contributed by atoms with Crippen LogP contribution in [0.2, 0.25) is 5.02 Å². The van der Waals surface area contributed by atoms with Gasteiger partial charge in [-0.25, -0.2) is 0 Å². The van der Waals surface area contributed by atoms with Gasteiger partial charge in [0.05, 0.1) is 22.3 Å². The number of nitrogens with one attached hydrogen (secondary N) is 1. The van der Waals surface area contributed by atoms with Gasteiger partial charge in [0, 0.05) is 6.08 Å². The fraction of sp³-hybridized carbons (Fsp3) is 0.167. The molecule has 23 heavy (non-hydrogen) atoms. The molecule has 2 aromatic rings. The highest BCUT2D eigenvalue weighted by Gasteiger charge is 2.07. The van der Waals surface area contributed by atoms with E-state index in [0.29, 0.717) is 10.7 Å². The van der Waals surface area contributed by atoms with E-state index in [1.807, 2.05) is 44.2 Å². The molecule has 5 heteroatoms. The van der Waals surface area contributed by atoms with E-state index < -0.39 is 0 Å². The predicted octanol–water partition coefficient (Wildman–Crippen LogP) is 5.38. The molecule has 0 radical (unpaired) electrons. The Morgan fingerprint density at radius 2 is 2.00 bits per heavy atom. The summed E-state index contributed by atoms with van der Waals surface area (Å²) >= 11 is 9.61. The third kappa shape index (κ3) is 4.60. The number of ether oxygens (including phenoxy) is 1. The number of methoxy groups -OCH3 is 1. The zero-order chi connectivity index (χ0) is 17.0. The van der Waals surface area contributed by atoms with Gasteiger partial charge in [-0.1, -0.05) is 23.7 Å². The van der Waals surface area contributed by atoms with Crippen LogP contribution in [-0.4, -0.2) is 13.0 Å². The second-order valence-electron chi connectivity index (χ2n) is 5.16. The highest BCUT2D eigenvalue weighted by Crippen LogP contribution is 2.28. The minimum Gasteiger partial charge on any atom is -0.496 e. The molecule has 0 fully saturated rings. The lowest BCUT2D eigenvalue weighted by molar-refractivity contribution is -0.111. The number of halogens is 2. The van der Waals surface area contributed by atoms with Crippen molar-refractivity contribution in [1.29, 1.82) is 0 Å². The topological polar surface area (TPSA) is 38.3 Å². The lowest BCUT2D eigenvalue weighted by Gasteiger charge is -2.10. The maximum Gasteiger partial charge on any atom is 0.248 e. The van der Waals surface area contributed by atoms with E-state index in [9.17, 15) is 4.79 Å². The molecule has 1 N–H and O–H groups in total. The van der Waals surface area contributed by atoms with Gasteiger partial charge in [0.1, 0.15) is 5.75 Å². The normalized spacial score (nSPS) is 10.8. The molecule has 120 valence electrons. The van der Waals surface area contributed by atoms with Gasteiger partial charge in [-0.15, -0.1) is 0 Å². The first-order valence-corrected chi connectivity index (χ1v) is 8.17. The smallest absolute Gasteiger partial charge is 0.248 e. The van der Waals surface area contributed by atoms with Crippen molar-refractivity contribution in [3.05, 3.63) is 62.6 Å². The number of hydrogen-bond acceptors (Lipinski definition) is 2. The molecule has 0 aliphatic carbocycles. The summed E-state index contributed by atoms with van der Waals surface area (Å²) in [6.45, 7) is 3.88. The molecule has 2 aromatic carbocycles. The lowest BCUT2D eigenvalue weighted by Crippen LogP contribution is -2.09. The highest BCUT2D eigenvalue weighted by molar-refractivity contribution is 9.10. The van der Waals surface area contributed by atoms with E-state index in [0.717, 1.165) is 26.9 Å². The minimum absolute atomic E-state index is 0.231. The van der Waals surface area contributed by atoms with Crippen LogP contribution in [0.3, 0.4) is 0 Å². The number of hydrogen-bond donors (Lipinski definition) is 1. The van der Waals surface area contributed by atoms with Gasteiger partial charge >= 0.3 is 0 Å². The second-order valence-corrected chi connectivity index (χ2v) is 6.42. The Morgan fingerprint density at radius 1 is 1.26 bits per heavy atom. The average Bonchev–Trinajstić information content (AvgIpc) is 2.49. The molecular weight excluding hydrogens is 378 g/mol. The van der Waals surface area contributed by atoms with Crippen LogP contribution in [-0.2, 0) is 4.79 Å². The summed E-state index contributed by atoms with van der Waals surface area (Å²) in [6, 6.07) is 9.40. The molecule has 0 spiro atoms. The monoisotopic (exact) mass is 393 g/mol. The Bertz CT molecular complexity index is 749. The van der Waals surface area contributed by atoms with Crippen molar-refractivity contribution in [3.63, 3.8) is 0 Å². The number of carbonyl (C=O) groups is 1. The van der Waals surface area contributed by atoms with Crippen LogP contribution >= 0.6 is 27.5 Å². The first-order chi connectivity index (χ1) is 10.9. The van der Waals surface area contributed by atoms with E-state index in [1.54, 1.807) is 13.2 Å². The van der Waals surface area contributed by atoms with Crippen molar-refractivity contribution in [2.45, 2.75) is 13.8 Å². The summed E-state index contributed by atoms with van der Waals surface area (Å²) in [4.78, 5) is 12.1. The lowest BCUT2D eigenvalue weighted by atomic mass is 10.1. The number of aryl methyl sites for hydroxylation is 2. The Hall–Kier alpha value is -1.78. The van der Waals surface area contributed by atoms with E-state index in [-0.39, 0.29) is 5.91 Å². The van der Waals surface area contributed by atoms with Gasteiger partial charge in [-0.3, -0.25) is 4.79 Å². The zero-order valence-corrected chi connectivity index (χ0v) is 15.5. The van der Waals surface area contributed by atoms with Crippen molar-refractivity contribution >= 4 is 45.2 Å². The molecule has 0 bridgehead atoms. The largest absolute Gasteiger partial charge is 0.496 e. The standard InChI is InChI=1S/C18H17BrClNO2/c1-11-8-12(2)18(15(20)9-11)21-17(22)7-5-13-4-6-16(23-3)14(19)10-13/h4-10H,1-3H3,(H,21,22)/b7-5+. The van der Waals surface area contributed by atoms with E-state index >= 15 is 0 Å². The quantitative estimate of drug-likeness (QED) is 0.707. The molecule has 0 unspecified atom stereocenters. The van der Waals surface area contributed by atoms with Gasteiger partial charge in [0.2, 0.25) is 5.91 Å². The van der Waals surface area contributed by atoms with Crippen LogP contribution in [0.5, 0.6) is 5.75 Å². The Morgan fingerprint density at radius 3 is 2.61 bits per heavy atom. The highest BCUT2D eigenvalue weighted by atomic mass is 79.9. The molecule has 1 amide bonds. The van der Waals surface area contributed by atoms with Gasteiger partial charge in [-0.2, -0.15) is 0 Å². The first-order valence-electron chi connectivity index (χ1n) is 7.00. The molecular formula is C18H17BrClNO2. The van der Waals surface area contributed by atoms with Gasteiger partial charge in [-0.05, 0) is 70.7 Å². The summed E-state index contributed by atoms with van der Waals surface area (Å²) in [5, 5.41) is 3.36. The van der Waals surface area contributed by atoms with Crippen molar-refractivity contribution in [2.24, 2.45) is 0 Å². The maximum absolute atomic E-state index is 12.1. The molecule has 0 heterocycles. The number of carbonyl (C=O) groups excluding carboxylic acids is 1. The molecule has 2 rings (SSSR count). The molecule has 0 aliphatic heterocycles. The van der Waals surface area contributed by atoms with Gasteiger partial charge in [0.25, 0.3) is 0 Å². The van der Waals surface area contributed by atoms with Crippen LogP contribution in [0.1, 0.15) is 16.7 Å². The maximum atomic E-state index is 12.1. The average molecular weight is 395 g/mol. The number of anilines is 1. The summed E-state index contributed by atoms with van der Waals surface area (Å²) in [6.07, 6.45) is 3.21. The molecule has 0 aliphatic rings. The Kier molecular flexibility index (Phi) is 5.85. The van der Waals surface area contributed by atoms with Crippen molar-refractivity contribution < 1.29 is 9.53 Å². The fourth-order valence-corrected chi connectivity index (χ4v) is 3.12.